The molecule has 1 N–H and O–H groups in total. The summed E-state index contributed by atoms with van der Waals surface area (Å²) in [6, 6.07) is 21.5. The molecule has 0 aromatic heterocycles. The Hall–Kier alpha value is -2.53. The fraction of sp³-hybridized carbons (Fsp3) is 0.286. The number of hydrogen-bond acceptors (Lipinski definition) is 2. The molecular formula is C28H29Cl3N2O2. The quantitative estimate of drug-likeness (QED) is 0.278. The fourth-order valence-corrected chi connectivity index (χ4v) is 4.35. The van der Waals surface area contributed by atoms with Crippen LogP contribution in [0.1, 0.15) is 36.5 Å². The van der Waals surface area contributed by atoms with Gasteiger partial charge in [0.05, 0.1) is 16.5 Å². The SMILES string of the molecule is CCCCNC(=O)C(Cc1ccccc1)N(Cc1ccc(Cl)c(Cl)c1)C(=O)Cc1cccc(Cl)c1. The Morgan fingerprint density at radius 1 is 0.857 bits per heavy atom. The first kappa shape index (κ1) is 27.1. The van der Waals surface area contributed by atoms with Crippen LogP contribution in [0.5, 0.6) is 0 Å². The maximum atomic E-state index is 13.7. The van der Waals surface area contributed by atoms with E-state index in [1.165, 1.54) is 0 Å². The van der Waals surface area contributed by atoms with Gasteiger partial charge in [-0.1, -0.05) is 96.7 Å². The normalized spacial score (nSPS) is 11.7. The van der Waals surface area contributed by atoms with Gasteiger partial charge in [0.15, 0.2) is 0 Å². The molecular weight excluding hydrogens is 503 g/mol. The Morgan fingerprint density at radius 2 is 1.60 bits per heavy atom. The van der Waals surface area contributed by atoms with E-state index >= 15 is 0 Å². The van der Waals surface area contributed by atoms with Gasteiger partial charge in [0.2, 0.25) is 11.8 Å². The minimum Gasteiger partial charge on any atom is -0.354 e. The number of benzene rings is 3. The van der Waals surface area contributed by atoms with Crippen LogP contribution < -0.4 is 5.32 Å². The highest BCUT2D eigenvalue weighted by Crippen LogP contribution is 2.25. The molecule has 3 aromatic rings. The van der Waals surface area contributed by atoms with Crippen LogP contribution in [-0.4, -0.2) is 29.3 Å². The van der Waals surface area contributed by atoms with Crippen molar-refractivity contribution in [2.24, 2.45) is 0 Å². The van der Waals surface area contributed by atoms with Crippen molar-refractivity contribution in [1.82, 2.24) is 10.2 Å². The highest BCUT2D eigenvalue weighted by molar-refractivity contribution is 6.42. The Morgan fingerprint density at radius 3 is 2.29 bits per heavy atom. The van der Waals surface area contributed by atoms with Gasteiger partial charge in [-0.2, -0.15) is 0 Å². The smallest absolute Gasteiger partial charge is 0.243 e. The van der Waals surface area contributed by atoms with Gasteiger partial charge in [-0.3, -0.25) is 9.59 Å². The first-order valence-electron chi connectivity index (χ1n) is 11.7. The molecule has 0 spiro atoms. The zero-order valence-electron chi connectivity index (χ0n) is 19.6. The number of carbonyl (C=O) groups is 2. The maximum Gasteiger partial charge on any atom is 0.243 e. The number of nitrogens with zero attached hydrogens (tertiary/aromatic N) is 1. The van der Waals surface area contributed by atoms with Gasteiger partial charge < -0.3 is 10.2 Å². The van der Waals surface area contributed by atoms with Crippen molar-refractivity contribution in [3.63, 3.8) is 0 Å². The number of amides is 2. The lowest BCUT2D eigenvalue weighted by Crippen LogP contribution is -2.51. The van der Waals surface area contributed by atoms with Crippen molar-refractivity contribution in [2.45, 2.75) is 45.2 Å². The summed E-state index contributed by atoms with van der Waals surface area (Å²) in [6.07, 6.45) is 2.34. The molecule has 0 radical (unpaired) electrons. The van der Waals surface area contributed by atoms with Crippen LogP contribution in [0.25, 0.3) is 0 Å². The van der Waals surface area contributed by atoms with E-state index in [2.05, 4.69) is 12.2 Å². The Bertz CT molecular complexity index is 1140. The minimum atomic E-state index is -0.699. The zero-order valence-corrected chi connectivity index (χ0v) is 21.9. The van der Waals surface area contributed by atoms with Crippen LogP contribution in [-0.2, 0) is 29.0 Å². The summed E-state index contributed by atoms with van der Waals surface area (Å²) in [5.41, 5.74) is 2.54. The second-order valence-corrected chi connectivity index (χ2v) is 9.68. The molecule has 7 heteroatoms. The lowest BCUT2D eigenvalue weighted by atomic mass is 10.0. The molecule has 35 heavy (non-hydrogen) atoms. The van der Waals surface area contributed by atoms with Crippen molar-refractivity contribution in [1.29, 1.82) is 0 Å². The summed E-state index contributed by atoms with van der Waals surface area (Å²) in [4.78, 5) is 28.7. The molecule has 4 nitrogen and oxygen atoms in total. The van der Waals surface area contributed by atoms with E-state index in [1.807, 2.05) is 48.5 Å². The van der Waals surface area contributed by atoms with Crippen LogP contribution in [0, 0.1) is 0 Å². The van der Waals surface area contributed by atoms with E-state index < -0.39 is 6.04 Å². The largest absolute Gasteiger partial charge is 0.354 e. The van der Waals surface area contributed by atoms with Gasteiger partial charge in [0.1, 0.15) is 6.04 Å². The average molecular weight is 532 g/mol. The predicted octanol–water partition coefficient (Wildman–Crippen LogP) is 6.75. The number of carbonyl (C=O) groups excluding carboxylic acids is 2. The second kappa shape index (κ2) is 13.5. The van der Waals surface area contributed by atoms with Crippen LogP contribution in [0.3, 0.4) is 0 Å². The first-order chi connectivity index (χ1) is 16.9. The number of rotatable bonds is 11. The van der Waals surface area contributed by atoms with Gasteiger partial charge in [-0.25, -0.2) is 0 Å². The molecule has 0 saturated carbocycles. The van der Waals surface area contributed by atoms with Crippen molar-refractivity contribution < 1.29 is 9.59 Å². The lowest BCUT2D eigenvalue weighted by Gasteiger charge is -2.32. The Balaban J connectivity index is 1.96. The third-order valence-corrected chi connectivity index (χ3v) is 6.66. The summed E-state index contributed by atoms with van der Waals surface area (Å²) in [5, 5.41) is 4.41. The zero-order chi connectivity index (χ0) is 25.2. The highest BCUT2D eigenvalue weighted by atomic mass is 35.5. The van der Waals surface area contributed by atoms with Crippen LogP contribution in [0.4, 0.5) is 0 Å². The van der Waals surface area contributed by atoms with Crippen molar-refractivity contribution in [3.05, 3.63) is 105 Å². The van der Waals surface area contributed by atoms with Crippen LogP contribution in [0.15, 0.2) is 72.8 Å². The maximum absolute atomic E-state index is 13.7. The van der Waals surface area contributed by atoms with Crippen LogP contribution in [0.2, 0.25) is 15.1 Å². The standard InChI is InChI=1S/C28H29Cl3N2O2/c1-2-3-14-32-28(35)26(17-20-8-5-4-6-9-20)33(19-22-12-13-24(30)25(31)16-22)27(34)18-21-10-7-11-23(29)15-21/h4-13,15-16,26H,2-3,14,17-19H2,1H3,(H,32,35). The number of hydrogen-bond donors (Lipinski definition) is 1. The van der Waals surface area contributed by atoms with E-state index in [1.54, 1.807) is 29.2 Å². The summed E-state index contributed by atoms with van der Waals surface area (Å²) in [6.45, 7) is 2.84. The molecule has 0 aliphatic rings. The lowest BCUT2D eigenvalue weighted by molar-refractivity contribution is -0.140. The van der Waals surface area contributed by atoms with Gasteiger partial charge >= 0.3 is 0 Å². The molecule has 0 fully saturated rings. The molecule has 0 saturated heterocycles. The molecule has 0 aliphatic carbocycles. The number of nitrogens with one attached hydrogen (secondary N) is 1. The Kier molecular flexibility index (Phi) is 10.5. The number of halogens is 3. The molecule has 1 unspecified atom stereocenters. The van der Waals surface area contributed by atoms with Crippen molar-refractivity contribution in [3.8, 4) is 0 Å². The van der Waals surface area contributed by atoms with Crippen LogP contribution >= 0.6 is 34.8 Å². The average Bonchev–Trinajstić information content (AvgIpc) is 2.84. The summed E-state index contributed by atoms with van der Waals surface area (Å²) in [5.74, 6) is -0.355. The monoisotopic (exact) mass is 530 g/mol. The van der Waals surface area contributed by atoms with Crippen molar-refractivity contribution >= 4 is 46.6 Å². The van der Waals surface area contributed by atoms with Gasteiger partial charge in [0.25, 0.3) is 0 Å². The minimum absolute atomic E-state index is 0.120. The fourth-order valence-electron chi connectivity index (χ4n) is 3.82. The van der Waals surface area contributed by atoms with E-state index in [0.29, 0.717) is 28.0 Å². The first-order valence-corrected chi connectivity index (χ1v) is 12.8. The molecule has 0 aliphatic heterocycles. The number of unbranched alkanes of at least 4 members (excludes halogenated alkanes) is 1. The van der Waals surface area contributed by atoms with E-state index in [9.17, 15) is 9.59 Å². The molecule has 0 bridgehead atoms. The van der Waals surface area contributed by atoms with Gasteiger partial charge in [-0.05, 0) is 47.4 Å². The van der Waals surface area contributed by atoms with Gasteiger partial charge in [0, 0.05) is 24.5 Å². The topological polar surface area (TPSA) is 49.4 Å². The summed E-state index contributed by atoms with van der Waals surface area (Å²) >= 11 is 18.5. The van der Waals surface area contributed by atoms with Crippen molar-refractivity contribution in [2.75, 3.05) is 6.54 Å². The third-order valence-electron chi connectivity index (χ3n) is 5.68. The molecule has 2 amide bonds. The molecule has 1 atom stereocenters. The summed E-state index contributed by atoms with van der Waals surface area (Å²) < 4.78 is 0. The molecule has 0 heterocycles. The Labute approximate surface area is 222 Å². The van der Waals surface area contributed by atoms with E-state index in [-0.39, 0.29) is 24.8 Å². The van der Waals surface area contributed by atoms with E-state index in [0.717, 1.165) is 29.5 Å². The summed E-state index contributed by atoms with van der Waals surface area (Å²) in [7, 11) is 0. The van der Waals surface area contributed by atoms with Gasteiger partial charge in [-0.15, -0.1) is 0 Å². The second-order valence-electron chi connectivity index (χ2n) is 8.43. The predicted molar refractivity (Wildman–Crippen MR) is 144 cm³/mol. The molecule has 184 valence electrons. The molecule has 3 rings (SSSR count). The highest BCUT2D eigenvalue weighted by Gasteiger charge is 2.30. The molecule has 3 aromatic carbocycles. The third kappa shape index (κ3) is 8.28. The van der Waals surface area contributed by atoms with E-state index in [4.69, 9.17) is 34.8 Å².